The molecule has 0 amide bonds. The van der Waals surface area contributed by atoms with Crippen LogP contribution in [0.2, 0.25) is 0 Å². The molecule has 1 nitrogen and oxygen atoms in total. The molecule has 2 atom stereocenters. The largest absolute Gasteiger partial charge is 0.280 e. The van der Waals surface area contributed by atoms with Gasteiger partial charge in [0.1, 0.15) is 7.55 Å². The van der Waals surface area contributed by atoms with Gasteiger partial charge in [-0.05, 0) is 14.0 Å². The zero-order valence-electron chi connectivity index (χ0n) is 5.23. The Morgan fingerprint density at radius 1 is 1.71 bits per heavy atom. The van der Waals surface area contributed by atoms with Crippen LogP contribution in [0.15, 0.2) is 0 Å². The highest BCUT2D eigenvalue weighted by Gasteiger charge is 2.05. The molecule has 0 aromatic rings. The third-order valence-corrected chi connectivity index (χ3v) is 2.66. The van der Waals surface area contributed by atoms with Crippen molar-refractivity contribution < 1.29 is 0 Å². The van der Waals surface area contributed by atoms with E-state index in [1.54, 1.807) is 0 Å². The maximum Gasteiger partial charge on any atom is 0.163 e. The Balaban J connectivity index is 3.34. The first-order valence-electron chi connectivity index (χ1n) is 2.39. The predicted octanol–water partition coefficient (Wildman–Crippen LogP) is 1.10. The van der Waals surface area contributed by atoms with Gasteiger partial charge in [-0.25, -0.2) is 0 Å². The minimum Gasteiger partial charge on any atom is -0.280 e. The van der Waals surface area contributed by atoms with Gasteiger partial charge in [0, 0.05) is 0 Å². The smallest absolute Gasteiger partial charge is 0.163 e. The molecule has 0 aromatic carbocycles. The van der Waals surface area contributed by atoms with E-state index in [2.05, 4.69) is 25.2 Å². The second kappa shape index (κ2) is 3.17. The first kappa shape index (κ1) is 7.13. The molecule has 0 bridgehead atoms. The van der Waals surface area contributed by atoms with Crippen LogP contribution in [0, 0.1) is 0 Å². The minimum atomic E-state index is -0.0229. The van der Waals surface area contributed by atoms with Gasteiger partial charge in [0.25, 0.3) is 0 Å². The first-order valence-corrected chi connectivity index (χ1v) is 4.43. The fraction of sp³-hybridized carbons (Fsp3) is 0.800. The van der Waals surface area contributed by atoms with Gasteiger partial charge in [-0.15, -0.1) is 0 Å². The van der Waals surface area contributed by atoms with Crippen LogP contribution in [-0.4, -0.2) is 25.8 Å². The molecule has 0 spiro atoms. The lowest BCUT2D eigenvalue weighted by Crippen LogP contribution is -2.16. The zero-order chi connectivity index (χ0) is 5.86. The molecular formula is C5H13NP+. The van der Waals surface area contributed by atoms with Gasteiger partial charge in [0.2, 0.25) is 0 Å². The molecule has 0 aliphatic rings. The Bertz CT molecular complexity index is 70.5. The molecule has 0 radical (unpaired) electrons. The standard InChI is InChI=1S/C5H13NP/c1-5(6-2)7(3)4/h5-6H,3H2,1-2,4H3/q+1. The van der Waals surface area contributed by atoms with Crippen molar-refractivity contribution in [1.29, 1.82) is 0 Å². The molecule has 0 fully saturated rings. The monoisotopic (exact) mass is 118 g/mol. The topological polar surface area (TPSA) is 12.0 Å². The van der Waals surface area contributed by atoms with Crippen molar-refractivity contribution in [3.05, 3.63) is 0 Å². The zero-order valence-corrected chi connectivity index (χ0v) is 6.13. The number of hydrogen-bond acceptors (Lipinski definition) is 1. The molecule has 0 aromatic heterocycles. The molecular weight excluding hydrogens is 105 g/mol. The van der Waals surface area contributed by atoms with Gasteiger partial charge in [0.05, 0.1) is 13.0 Å². The average molecular weight is 118 g/mol. The molecule has 7 heavy (non-hydrogen) atoms. The normalized spacial score (nSPS) is 16.1. The fourth-order valence-corrected chi connectivity index (χ4v) is 0.661. The molecule has 0 aliphatic heterocycles. The van der Waals surface area contributed by atoms with Crippen molar-refractivity contribution in [2.24, 2.45) is 0 Å². The molecule has 1 N–H and O–H groups in total. The quantitative estimate of drug-likeness (QED) is 0.535. The van der Waals surface area contributed by atoms with E-state index in [9.17, 15) is 0 Å². The van der Waals surface area contributed by atoms with E-state index >= 15 is 0 Å². The second-order valence-electron chi connectivity index (χ2n) is 1.72. The Morgan fingerprint density at radius 3 is 2.14 bits per heavy atom. The SMILES string of the molecule is C=[P+](C)C(C)NC. The van der Waals surface area contributed by atoms with E-state index in [1.807, 2.05) is 7.05 Å². The lowest BCUT2D eigenvalue weighted by atomic mass is 10.8. The maximum atomic E-state index is 3.91. The van der Waals surface area contributed by atoms with Crippen LogP contribution in [0.3, 0.4) is 0 Å². The summed E-state index contributed by atoms with van der Waals surface area (Å²) >= 11 is 0. The van der Waals surface area contributed by atoms with E-state index in [4.69, 9.17) is 0 Å². The van der Waals surface area contributed by atoms with Crippen LogP contribution in [0.5, 0.6) is 0 Å². The van der Waals surface area contributed by atoms with Gasteiger partial charge in [-0.3, -0.25) is 5.32 Å². The lowest BCUT2D eigenvalue weighted by molar-refractivity contribution is 0.801. The van der Waals surface area contributed by atoms with Crippen LogP contribution >= 0.6 is 7.55 Å². The summed E-state index contributed by atoms with van der Waals surface area (Å²) < 4.78 is 0. The van der Waals surface area contributed by atoms with Crippen LogP contribution in [-0.2, 0) is 0 Å². The summed E-state index contributed by atoms with van der Waals surface area (Å²) in [5.41, 5.74) is 0. The van der Waals surface area contributed by atoms with Gasteiger partial charge >= 0.3 is 0 Å². The molecule has 0 rings (SSSR count). The van der Waals surface area contributed by atoms with Crippen LogP contribution in [0.4, 0.5) is 0 Å². The van der Waals surface area contributed by atoms with E-state index in [-0.39, 0.29) is 7.55 Å². The van der Waals surface area contributed by atoms with E-state index in [0.29, 0.717) is 5.78 Å². The first-order chi connectivity index (χ1) is 3.18. The summed E-state index contributed by atoms with van der Waals surface area (Å²) in [4.78, 5) is 0. The van der Waals surface area contributed by atoms with E-state index < -0.39 is 0 Å². The van der Waals surface area contributed by atoms with E-state index in [1.165, 1.54) is 0 Å². The van der Waals surface area contributed by atoms with Crippen molar-refractivity contribution in [3.63, 3.8) is 0 Å². The molecule has 2 heteroatoms. The molecule has 2 unspecified atom stereocenters. The second-order valence-corrected chi connectivity index (χ2v) is 4.01. The predicted molar refractivity (Wildman–Crippen MR) is 38.5 cm³/mol. The Labute approximate surface area is 46.5 Å². The summed E-state index contributed by atoms with van der Waals surface area (Å²) in [5.74, 6) is 0.606. The fourth-order valence-electron chi connectivity index (χ4n) is 0.220. The minimum absolute atomic E-state index is 0.0229. The summed E-state index contributed by atoms with van der Waals surface area (Å²) in [6.07, 6.45) is 3.91. The number of rotatable bonds is 2. The van der Waals surface area contributed by atoms with Crippen molar-refractivity contribution in [2.45, 2.75) is 12.7 Å². The Hall–Kier alpha value is 0.130. The Morgan fingerprint density at radius 2 is 2.14 bits per heavy atom. The molecule has 0 heterocycles. The van der Waals surface area contributed by atoms with Crippen molar-refractivity contribution in [3.8, 4) is 0 Å². The number of hydrogen-bond donors (Lipinski definition) is 1. The lowest BCUT2D eigenvalue weighted by Gasteiger charge is -1.96. The Kier molecular flexibility index (Phi) is 3.23. The highest BCUT2D eigenvalue weighted by Crippen LogP contribution is 2.17. The van der Waals surface area contributed by atoms with E-state index in [0.717, 1.165) is 0 Å². The third-order valence-electron chi connectivity index (χ3n) is 1.08. The molecule has 42 valence electrons. The van der Waals surface area contributed by atoms with Crippen LogP contribution in [0.1, 0.15) is 6.92 Å². The molecule has 0 saturated carbocycles. The highest BCUT2D eigenvalue weighted by molar-refractivity contribution is 7.55. The van der Waals surface area contributed by atoms with Crippen LogP contribution < -0.4 is 5.32 Å². The average Bonchev–Trinajstić information content (AvgIpc) is 1.65. The van der Waals surface area contributed by atoms with Gasteiger partial charge < -0.3 is 0 Å². The van der Waals surface area contributed by atoms with Crippen LogP contribution in [0.25, 0.3) is 0 Å². The van der Waals surface area contributed by atoms with Gasteiger partial charge in [0.15, 0.2) is 5.78 Å². The summed E-state index contributed by atoms with van der Waals surface area (Å²) in [7, 11) is 1.94. The third kappa shape index (κ3) is 2.78. The molecule has 0 saturated heterocycles. The summed E-state index contributed by atoms with van der Waals surface area (Å²) in [6.45, 7) is 4.31. The highest BCUT2D eigenvalue weighted by atomic mass is 31.1. The number of nitrogens with one attached hydrogen (secondary N) is 1. The molecule has 0 aliphatic carbocycles. The summed E-state index contributed by atoms with van der Waals surface area (Å²) in [6, 6.07) is 0. The van der Waals surface area contributed by atoms with Gasteiger partial charge in [-0.2, -0.15) is 0 Å². The van der Waals surface area contributed by atoms with Gasteiger partial charge in [-0.1, -0.05) is 0 Å². The van der Waals surface area contributed by atoms with Crippen molar-refractivity contribution >= 4 is 13.8 Å². The van der Waals surface area contributed by atoms with Crippen molar-refractivity contribution in [2.75, 3.05) is 13.7 Å². The summed E-state index contributed by atoms with van der Waals surface area (Å²) in [5, 5.41) is 3.13. The maximum absolute atomic E-state index is 3.91. The van der Waals surface area contributed by atoms with Crippen molar-refractivity contribution in [1.82, 2.24) is 5.32 Å².